The molecule has 0 aromatic heterocycles. The third kappa shape index (κ3) is 4.81. The monoisotopic (exact) mass is 285 g/mol. The standard InChI is InChI=1S/C16H19N3O2/c17-14-6-4-12(5-7-14)9-19(11-16(18)21)10-13-2-1-3-15(20)8-13/h1-8,20H,9-11,17H2,(H2,18,21). The molecule has 0 spiro atoms. The van der Waals surface area contributed by atoms with Crippen LogP contribution in [-0.2, 0) is 17.9 Å². The molecule has 0 fully saturated rings. The summed E-state index contributed by atoms with van der Waals surface area (Å²) < 4.78 is 0. The molecule has 0 aliphatic heterocycles. The van der Waals surface area contributed by atoms with Crippen LogP contribution in [0.1, 0.15) is 11.1 Å². The number of nitrogen functional groups attached to an aromatic ring is 1. The van der Waals surface area contributed by atoms with Crippen LogP contribution in [0.3, 0.4) is 0 Å². The van der Waals surface area contributed by atoms with Crippen LogP contribution in [0.4, 0.5) is 5.69 Å². The molecule has 1 amide bonds. The van der Waals surface area contributed by atoms with Gasteiger partial charge in [-0.1, -0.05) is 24.3 Å². The number of nitrogens with zero attached hydrogens (tertiary/aromatic N) is 1. The first-order valence-electron chi connectivity index (χ1n) is 6.66. The molecule has 5 nitrogen and oxygen atoms in total. The summed E-state index contributed by atoms with van der Waals surface area (Å²) >= 11 is 0. The van der Waals surface area contributed by atoms with Gasteiger partial charge in [0.2, 0.25) is 5.91 Å². The van der Waals surface area contributed by atoms with Gasteiger partial charge in [-0.3, -0.25) is 9.69 Å². The van der Waals surface area contributed by atoms with Crippen LogP contribution in [0.25, 0.3) is 0 Å². The minimum Gasteiger partial charge on any atom is -0.508 e. The van der Waals surface area contributed by atoms with Crippen LogP contribution >= 0.6 is 0 Å². The number of anilines is 1. The maximum absolute atomic E-state index is 11.2. The highest BCUT2D eigenvalue weighted by Gasteiger charge is 2.10. The maximum atomic E-state index is 11.2. The zero-order chi connectivity index (χ0) is 15.2. The molecule has 2 rings (SSSR count). The van der Waals surface area contributed by atoms with E-state index >= 15 is 0 Å². The Kier molecular flexibility index (Phi) is 4.79. The van der Waals surface area contributed by atoms with Gasteiger partial charge in [0, 0.05) is 18.8 Å². The number of phenols is 1. The first kappa shape index (κ1) is 14.9. The van der Waals surface area contributed by atoms with Crippen molar-refractivity contribution in [1.82, 2.24) is 4.90 Å². The van der Waals surface area contributed by atoms with Crippen molar-refractivity contribution in [3.05, 3.63) is 59.7 Å². The topological polar surface area (TPSA) is 92.6 Å². The van der Waals surface area contributed by atoms with E-state index in [9.17, 15) is 9.90 Å². The second kappa shape index (κ2) is 6.76. The number of primary amides is 1. The number of phenolic OH excluding ortho intramolecular Hbond substituents is 1. The summed E-state index contributed by atoms with van der Waals surface area (Å²) in [5.41, 5.74) is 13.6. The second-order valence-corrected chi connectivity index (χ2v) is 5.02. The Balaban J connectivity index is 2.10. The first-order chi connectivity index (χ1) is 10.0. The molecule has 0 aliphatic rings. The van der Waals surface area contributed by atoms with E-state index in [2.05, 4.69) is 0 Å². The van der Waals surface area contributed by atoms with E-state index in [1.54, 1.807) is 18.2 Å². The van der Waals surface area contributed by atoms with Crippen LogP contribution in [0.2, 0.25) is 0 Å². The fourth-order valence-corrected chi connectivity index (χ4v) is 2.18. The molecule has 0 bridgehead atoms. The molecule has 2 aromatic carbocycles. The summed E-state index contributed by atoms with van der Waals surface area (Å²) in [5.74, 6) is -0.176. The molecule has 0 saturated carbocycles. The fraction of sp³-hybridized carbons (Fsp3) is 0.188. The summed E-state index contributed by atoms with van der Waals surface area (Å²) in [6.07, 6.45) is 0. The van der Waals surface area contributed by atoms with Crippen molar-refractivity contribution in [3.63, 3.8) is 0 Å². The zero-order valence-electron chi connectivity index (χ0n) is 11.7. The lowest BCUT2D eigenvalue weighted by molar-refractivity contribution is -0.119. The van der Waals surface area contributed by atoms with Crippen molar-refractivity contribution in [3.8, 4) is 5.75 Å². The third-order valence-electron chi connectivity index (χ3n) is 3.08. The smallest absolute Gasteiger partial charge is 0.231 e. The van der Waals surface area contributed by atoms with Gasteiger partial charge in [-0.2, -0.15) is 0 Å². The summed E-state index contributed by atoms with van der Waals surface area (Å²) in [6, 6.07) is 14.5. The van der Waals surface area contributed by atoms with E-state index in [4.69, 9.17) is 11.5 Å². The predicted octanol–water partition coefficient (Wildman–Crippen LogP) is 1.46. The van der Waals surface area contributed by atoms with E-state index < -0.39 is 0 Å². The van der Waals surface area contributed by atoms with Gasteiger partial charge in [0.25, 0.3) is 0 Å². The molecule has 0 unspecified atom stereocenters. The van der Waals surface area contributed by atoms with Gasteiger partial charge in [0.1, 0.15) is 5.75 Å². The van der Waals surface area contributed by atoms with E-state index in [0.717, 1.165) is 11.1 Å². The predicted molar refractivity (Wildman–Crippen MR) is 82.3 cm³/mol. The van der Waals surface area contributed by atoms with Crippen molar-refractivity contribution in [1.29, 1.82) is 0 Å². The lowest BCUT2D eigenvalue weighted by Gasteiger charge is -2.21. The fourth-order valence-electron chi connectivity index (χ4n) is 2.18. The van der Waals surface area contributed by atoms with Crippen LogP contribution in [0.5, 0.6) is 5.75 Å². The van der Waals surface area contributed by atoms with Crippen molar-refractivity contribution in [2.45, 2.75) is 13.1 Å². The molecule has 0 atom stereocenters. The maximum Gasteiger partial charge on any atom is 0.231 e. The number of amides is 1. The lowest BCUT2D eigenvalue weighted by atomic mass is 10.1. The quantitative estimate of drug-likeness (QED) is 0.701. The van der Waals surface area contributed by atoms with E-state index in [-0.39, 0.29) is 18.2 Å². The van der Waals surface area contributed by atoms with Gasteiger partial charge in [0.15, 0.2) is 0 Å². The Hall–Kier alpha value is -2.53. The normalized spacial score (nSPS) is 10.7. The SMILES string of the molecule is NC(=O)CN(Cc1ccc(N)cc1)Cc1cccc(O)c1. The van der Waals surface area contributed by atoms with Crippen molar-refractivity contribution in [2.75, 3.05) is 12.3 Å². The van der Waals surface area contributed by atoms with Gasteiger partial charge < -0.3 is 16.6 Å². The molecule has 110 valence electrons. The minimum absolute atomic E-state index is 0.153. The number of hydrogen-bond donors (Lipinski definition) is 3. The van der Waals surface area contributed by atoms with Crippen LogP contribution in [-0.4, -0.2) is 22.5 Å². The first-order valence-corrected chi connectivity index (χ1v) is 6.66. The molecule has 0 radical (unpaired) electrons. The van der Waals surface area contributed by atoms with Crippen LogP contribution < -0.4 is 11.5 Å². The highest BCUT2D eigenvalue weighted by atomic mass is 16.3. The number of rotatable bonds is 6. The van der Waals surface area contributed by atoms with Crippen LogP contribution in [0.15, 0.2) is 48.5 Å². The van der Waals surface area contributed by atoms with Crippen LogP contribution in [0, 0.1) is 0 Å². The Morgan fingerprint density at radius 2 is 1.71 bits per heavy atom. The number of carbonyl (C=O) groups is 1. The molecule has 0 aliphatic carbocycles. The lowest BCUT2D eigenvalue weighted by Crippen LogP contribution is -2.33. The van der Waals surface area contributed by atoms with E-state index in [1.807, 2.05) is 35.2 Å². The molecule has 0 heterocycles. The molecule has 2 aromatic rings. The zero-order valence-corrected chi connectivity index (χ0v) is 11.7. The summed E-state index contributed by atoms with van der Waals surface area (Å²) in [7, 11) is 0. The number of carbonyl (C=O) groups excluding carboxylic acids is 1. The number of hydrogen-bond acceptors (Lipinski definition) is 4. The average molecular weight is 285 g/mol. The summed E-state index contributed by atoms with van der Waals surface area (Å²) in [5, 5.41) is 9.50. The van der Waals surface area contributed by atoms with Gasteiger partial charge >= 0.3 is 0 Å². The Labute approximate surface area is 123 Å². The molecular weight excluding hydrogens is 266 g/mol. The van der Waals surface area contributed by atoms with E-state index in [1.165, 1.54) is 0 Å². The Morgan fingerprint density at radius 3 is 2.33 bits per heavy atom. The van der Waals surface area contributed by atoms with Gasteiger partial charge in [-0.15, -0.1) is 0 Å². The van der Waals surface area contributed by atoms with Crippen molar-refractivity contribution >= 4 is 11.6 Å². The highest BCUT2D eigenvalue weighted by Crippen LogP contribution is 2.15. The summed E-state index contributed by atoms with van der Waals surface area (Å²) in [6.45, 7) is 1.26. The molecule has 5 heteroatoms. The van der Waals surface area contributed by atoms with E-state index in [0.29, 0.717) is 18.8 Å². The largest absolute Gasteiger partial charge is 0.508 e. The number of aromatic hydroxyl groups is 1. The summed E-state index contributed by atoms with van der Waals surface area (Å²) in [4.78, 5) is 13.1. The highest BCUT2D eigenvalue weighted by molar-refractivity contribution is 5.75. The van der Waals surface area contributed by atoms with Gasteiger partial charge in [-0.05, 0) is 35.4 Å². The molecule has 5 N–H and O–H groups in total. The van der Waals surface area contributed by atoms with Gasteiger partial charge in [0.05, 0.1) is 6.54 Å². The number of nitrogens with two attached hydrogens (primary N) is 2. The Bertz CT molecular complexity index is 611. The minimum atomic E-state index is -0.384. The second-order valence-electron chi connectivity index (χ2n) is 5.02. The molecule has 0 saturated heterocycles. The average Bonchev–Trinajstić information content (AvgIpc) is 2.40. The van der Waals surface area contributed by atoms with Gasteiger partial charge in [-0.25, -0.2) is 0 Å². The molecular formula is C16H19N3O2. The third-order valence-corrected chi connectivity index (χ3v) is 3.08. The number of benzene rings is 2. The van der Waals surface area contributed by atoms with Crippen molar-refractivity contribution < 1.29 is 9.90 Å². The molecule has 21 heavy (non-hydrogen) atoms. The Morgan fingerprint density at radius 1 is 1.05 bits per heavy atom. The van der Waals surface area contributed by atoms with Crippen molar-refractivity contribution in [2.24, 2.45) is 5.73 Å².